The molecule has 9 heteroatoms. The number of nitrogens with zero attached hydrogens (tertiary/aromatic N) is 3. The molecule has 1 aliphatic heterocycles. The third-order valence-corrected chi connectivity index (χ3v) is 6.90. The zero-order chi connectivity index (χ0) is 25.2. The molecule has 0 bridgehead atoms. The van der Waals surface area contributed by atoms with E-state index in [0.717, 1.165) is 24.2 Å². The molecular weight excluding hydrogens is 481 g/mol. The number of fused-ring (bicyclic) bond motifs is 1. The number of rotatable bonds is 7. The van der Waals surface area contributed by atoms with E-state index in [0.29, 0.717) is 33.7 Å². The number of amides is 1. The van der Waals surface area contributed by atoms with E-state index in [2.05, 4.69) is 16.9 Å². The summed E-state index contributed by atoms with van der Waals surface area (Å²) in [5.74, 6) is -1.85. The summed E-state index contributed by atoms with van der Waals surface area (Å²) in [6, 6.07) is 13.3. The molecule has 1 fully saturated rings. The van der Waals surface area contributed by atoms with E-state index in [1.165, 1.54) is 23.1 Å². The number of ketones is 1. The van der Waals surface area contributed by atoms with Gasteiger partial charge in [0.25, 0.3) is 5.78 Å². The van der Waals surface area contributed by atoms with Crippen LogP contribution in [0.2, 0.25) is 0 Å². The molecule has 0 spiro atoms. The van der Waals surface area contributed by atoms with E-state index in [9.17, 15) is 19.1 Å². The third-order valence-electron chi connectivity index (χ3n) is 5.89. The van der Waals surface area contributed by atoms with Crippen molar-refractivity contribution in [2.24, 2.45) is 0 Å². The Labute approximate surface area is 210 Å². The predicted octanol–water partition coefficient (Wildman–Crippen LogP) is 5.64. The van der Waals surface area contributed by atoms with Crippen LogP contribution in [0.4, 0.5) is 9.52 Å². The summed E-state index contributed by atoms with van der Waals surface area (Å²) < 4.78 is 20.1. The molecule has 36 heavy (non-hydrogen) atoms. The maximum Gasteiger partial charge on any atom is 0.301 e. The summed E-state index contributed by atoms with van der Waals surface area (Å²) in [4.78, 5) is 36.4. The first-order valence-corrected chi connectivity index (χ1v) is 12.3. The van der Waals surface area contributed by atoms with Crippen LogP contribution >= 0.6 is 11.3 Å². The number of carbonyl (C=O) groups is 2. The van der Waals surface area contributed by atoms with Gasteiger partial charge in [-0.15, -0.1) is 0 Å². The fourth-order valence-electron chi connectivity index (χ4n) is 4.10. The standard InChI is InChI=1S/C27H22FN3O4S/c1-2-3-13-35-19-6-4-5-17(14-19)24(32)22-23(16-9-11-29-12-10-16)31(26(34)25(22)33)27-30-20-8-7-18(28)15-21(20)36-27/h4-12,14-15,23,32H,2-3,13H2,1H3/b24-22+. The molecule has 1 aliphatic rings. The Balaban J connectivity index is 1.63. The van der Waals surface area contributed by atoms with E-state index >= 15 is 0 Å². The maximum absolute atomic E-state index is 13.8. The molecule has 3 heterocycles. The van der Waals surface area contributed by atoms with E-state index in [1.807, 2.05) is 0 Å². The van der Waals surface area contributed by atoms with Crippen LogP contribution < -0.4 is 9.64 Å². The largest absolute Gasteiger partial charge is 0.507 e. The Bertz CT molecular complexity index is 1480. The van der Waals surface area contributed by atoms with Crippen molar-refractivity contribution in [2.45, 2.75) is 25.8 Å². The first-order valence-electron chi connectivity index (χ1n) is 11.5. The van der Waals surface area contributed by atoms with Crippen LogP contribution in [0.5, 0.6) is 5.75 Å². The van der Waals surface area contributed by atoms with E-state index in [1.54, 1.807) is 48.8 Å². The molecule has 1 N–H and O–H groups in total. The SMILES string of the molecule is CCCCOc1cccc(/C(O)=C2\C(=O)C(=O)N(c3nc4ccc(F)cc4s3)C2c2ccncc2)c1. The van der Waals surface area contributed by atoms with Crippen molar-refractivity contribution >= 4 is 44.1 Å². The van der Waals surface area contributed by atoms with Gasteiger partial charge in [0.15, 0.2) is 5.13 Å². The van der Waals surface area contributed by atoms with Crippen molar-refractivity contribution in [3.05, 3.63) is 89.5 Å². The van der Waals surface area contributed by atoms with Gasteiger partial charge in [0.2, 0.25) is 0 Å². The number of halogens is 1. The van der Waals surface area contributed by atoms with Gasteiger partial charge >= 0.3 is 5.91 Å². The summed E-state index contributed by atoms with van der Waals surface area (Å²) in [5, 5.41) is 11.6. The van der Waals surface area contributed by atoms with Crippen LogP contribution in [-0.4, -0.2) is 33.4 Å². The number of aromatic nitrogens is 2. The van der Waals surface area contributed by atoms with E-state index in [4.69, 9.17) is 4.74 Å². The van der Waals surface area contributed by atoms with Crippen LogP contribution in [0.3, 0.4) is 0 Å². The smallest absolute Gasteiger partial charge is 0.301 e. The Morgan fingerprint density at radius 1 is 1.14 bits per heavy atom. The summed E-state index contributed by atoms with van der Waals surface area (Å²) in [7, 11) is 0. The van der Waals surface area contributed by atoms with Crippen molar-refractivity contribution in [1.29, 1.82) is 0 Å². The topological polar surface area (TPSA) is 92.6 Å². The van der Waals surface area contributed by atoms with Gasteiger partial charge in [-0.3, -0.25) is 19.5 Å². The Hall–Kier alpha value is -4.11. The number of hydrogen-bond acceptors (Lipinski definition) is 7. The zero-order valence-electron chi connectivity index (χ0n) is 19.3. The average Bonchev–Trinajstić information content (AvgIpc) is 3.42. The number of pyridine rings is 1. The number of anilines is 1. The van der Waals surface area contributed by atoms with Gasteiger partial charge in [0.05, 0.1) is 28.4 Å². The number of aliphatic hydroxyl groups is 1. The second-order valence-electron chi connectivity index (χ2n) is 8.29. The van der Waals surface area contributed by atoms with Gasteiger partial charge < -0.3 is 9.84 Å². The van der Waals surface area contributed by atoms with Gasteiger partial charge in [-0.05, 0) is 54.4 Å². The van der Waals surface area contributed by atoms with E-state index in [-0.39, 0.29) is 16.5 Å². The summed E-state index contributed by atoms with van der Waals surface area (Å²) >= 11 is 1.10. The Morgan fingerprint density at radius 2 is 1.94 bits per heavy atom. The minimum Gasteiger partial charge on any atom is -0.507 e. The first kappa shape index (κ1) is 23.6. The molecule has 1 atom stereocenters. The minimum absolute atomic E-state index is 0.0673. The number of hydrogen-bond donors (Lipinski definition) is 1. The number of thiazole rings is 1. The van der Waals surface area contributed by atoms with Crippen molar-refractivity contribution < 1.29 is 23.8 Å². The Morgan fingerprint density at radius 3 is 2.72 bits per heavy atom. The minimum atomic E-state index is -0.942. The zero-order valence-corrected chi connectivity index (χ0v) is 20.2. The number of benzene rings is 2. The fourth-order valence-corrected chi connectivity index (χ4v) is 5.12. The number of ether oxygens (including phenoxy) is 1. The summed E-state index contributed by atoms with van der Waals surface area (Å²) in [6.45, 7) is 2.59. The predicted molar refractivity (Wildman–Crippen MR) is 135 cm³/mol. The summed E-state index contributed by atoms with van der Waals surface area (Å²) in [5.41, 5.74) is 1.37. The monoisotopic (exact) mass is 503 g/mol. The fraction of sp³-hybridized carbons (Fsp3) is 0.185. The van der Waals surface area contributed by atoms with Crippen molar-refractivity contribution in [2.75, 3.05) is 11.5 Å². The van der Waals surface area contributed by atoms with Crippen molar-refractivity contribution in [3.8, 4) is 5.75 Å². The highest BCUT2D eigenvalue weighted by molar-refractivity contribution is 7.22. The molecule has 0 radical (unpaired) electrons. The van der Waals surface area contributed by atoms with Crippen molar-refractivity contribution in [3.63, 3.8) is 0 Å². The van der Waals surface area contributed by atoms with Gasteiger partial charge in [-0.2, -0.15) is 0 Å². The quantitative estimate of drug-likeness (QED) is 0.152. The highest BCUT2D eigenvalue weighted by Crippen LogP contribution is 2.44. The maximum atomic E-state index is 13.8. The molecule has 1 unspecified atom stereocenters. The molecule has 1 saturated heterocycles. The highest BCUT2D eigenvalue weighted by atomic mass is 32.1. The molecule has 182 valence electrons. The lowest BCUT2D eigenvalue weighted by Gasteiger charge is -2.22. The van der Waals surface area contributed by atoms with Gasteiger partial charge in [0.1, 0.15) is 17.3 Å². The van der Waals surface area contributed by atoms with Crippen LogP contribution in [-0.2, 0) is 9.59 Å². The van der Waals surface area contributed by atoms with E-state index < -0.39 is 23.5 Å². The lowest BCUT2D eigenvalue weighted by molar-refractivity contribution is -0.132. The first-order chi connectivity index (χ1) is 17.5. The lowest BCUT2D eigenvalue weighted by atomic mass is 9.96. The molecule has 0 saturated carbocycles. The average molecular weight is 504 g/mol. The summed E-state index contributed by atoms with van der Waals surface area (Å²) in [6.07, 6.45) is 4.96. The molecule has 0 aliphatic carbocycles. The number of Topliss-reactive ketones (excluding diaryl/α,β-unsaturated/α-hetero) is 1. The number of unbranched alkanes of at least 4 members (excludes halogenated alkanes) is 1. The van der Waals surface area contributed by atoms with Gasteiger partial charge in [0, 0.05) is 18.0 Å². The molecular formula is C27H22FN3O4S. The lowest BCUT2D eigenvalue weighted by Crippen LogP contribution is -2.29. The molecule has 1 amide bonds. The second kappa shape index (κ2) is 9.87. The van der Waals surface area contributed by atoms with Gasteiger partial charge in [-0.25, -0.2) is 9.37 Å². The van der Waals surface area contributed by atoms with Crippen molar-refractivity contribution in [1.82, 2.24) is 9.97 Å². The number of aliphatic hydroxyl groups excluding tert-OH is 1. The molecule has 5 rings (SSSR count). The van der Waals surface area contributed by atoms with Crippen LogP contribution in [0.15, 0.2) is 72.6 Å². The van der Waals surface area contributed by atoms with Crippen LogP contribution in [0, 0.1) is 5.82 Å². The van der Waals surface area contributed by atoms with Gasteiger partial charge in [-0.1, -0.05) is 36.8 Å². The third kappa shape index (κ3) is 4.33. The van der Waals surface area contributed by atoms with Crippen LogP contribution in [0.25, 0.3) is 16.0 Å². The Kier molecular flexibility index (Phi) is 6.47. The molecule has 4 aromatic rings. The number of carbonyl (C=O) groups excluding carboxylic acids is 2. The van der Waals surface area contributed by atoms with Crippen LogP contribution in [0.1, 0.15) is 36.9 Å². The molecule has 7 nitrogen and oxygen atoms in total. The second-order valence-corrected chi connectivity index (χ2v) is 9.30. The molecule has 2 aromatic carbocycles. The molecule has 2 aromatic heterocycles. The highest BCUT2D eigenvalue weighted by Gasteiger charge is 2.48. The normalized spacial score (nSPS) is 17.2.